The Hall–Kier alpha value is -3.55. The van der Waals surface area contributed by atoms with Crippen molar-refractivity contribution in [2.24, 2.45) is 0 Å². The van der Waals surface area contributed by atoms with Crippen molar-refractivity contribution in [1.82, 2.24) is 0 Å². The lowest BCUT2D eigenvalue weighted by atomic mass is 10.0. The predicted octanol–water partition coefficient (Wildman–Crippen LogP) is 3.05. The normalized spacial score (nSPS) is 15.1. The zero-order valence-corrected chi connectivity index (χ0v) is 17.2. The van der Waals surface area contributed by atoms with Crippen molar-refractivity contribution in [1.29, 1.82) is 0 Å². The number of fused-ring (bicyclic) bond motifs is 1. The summed E-state index contributed by atoms with van der Waals surface area (Å²) in [4.78, 5) is 39.1. The van der Waals surface area contributed by atoms with Gasteiger partial charge in [0, 0.05) is 18.3 Å². The van der Waals surface area contributed by atoms with Gasteiger partial charge in [-0.25, -0.2) is 4.79 Å². The molecule has 0 bridgehead atoms. The average molecular weight is 411 g/mol. The standard InChI is InChI=1S/C22H25N3O5/c1-4-25-19-10-9-14(22(28)30-5-2)11-17(19)24-18(21(25)27)13-20(26)23-15-7-6-8-16(12-15)29-3/h6-12,18,24H,4-5,13H2,1-3H3,(H,23,26)/t18-/m0/s1. The Morgan fingerprint density at radius 1 is 1.17 bits per heavy atom. The number of amides is 2. The zero-order chi connectivity index (χ0) is 21.7. The summed E-state index contributed by atoms with van der Waals surface area (Å²) in [6, 6.07) is 11.2. The number of nitrogens with zero attached hydrogens (tertiary/aromatic N) is 1. The highest BCUT2D eigenvalue weighted by Gasteiger charge is 2.33. The van der Waals surface area contributed by atoms with Crippen LogP contribution in [-0.4, -0.2) is 44.1 Å². The van der Waals surface area contributed by atoms with Crippen LogP contribution in [0.2, 0.25) is 0 Å². The van der Waals surface area contributed by atoms with Gasteiger partial charge in [0.15, 0.2) is 0 Å². The van der Waals surface area contributed by atoms with Gasteiger partial charge >= 0.3 is 5.97 Å². The number of carbonyl (C=O) groups is 3. The quantitative estimate of drug-likeness (QED) is 0.680. The van der Waals surface area contributed by atoms with E-state index in [1.807, 2.05) is 6.92 Å². The van der Waals surface area contributed by atoms with E-state index in [2.05, 4.69) is 10.6 Å². The molecule has 0 fully saturated rings. The van der Waals surface area contributed by atoms with Gasteiger partial charge < -0.3 is 25.0 Å². The van der Waals surface area contributed by atoms with Crippen LogP contribution in [0.15, 0.2) is 42.5 Å². The largest absolute Gasteiger partial charge is 0.497 e. The van der Waals surface area contributed by atoms with Crippen LogP contribution in [0, 0.1) is 0 Å². The van der Waals surface area contributed by atoms with Crippen LogP contribution in [0.3, 0.4) is 0 Å². The number of nitrogens with one attached hydrogen (secondary N) is 2. The third-order valence-corrected chi connectivity index (χ3v) is 4.75. The molecule has 0 aliphatic carbocycles. The first-order valence-electron chi connectivity index (χ1n) is 9.79. The fraction of sp³-hybridized carbons (Fsp3) is 0.318. The number of carbonyl (C=O) groups excluding carboxylic acids is 3. The third kappa shape index (κ3) is 4.53. The lowest BCUT2D eigenvalue weighted by molar-refractivity contribution is -0.123. The predicted molar refractivity (Wildman–Crippen MR) is 114 cm³/mol. The monoisotopic (exact) mass is 411 g/mol. The van der Waals surface area contributed by atoms with Crippen LogP contribution in [-0.2, 0) is 14.3 Å². The molecule has 0 unspecified atom stereocenters. The lowest BCUT2D eigenvalue weighted by Crippen LogP contribution is -2.48. The number of rotatable bonds is 7. The van der Waals surface area contributed by atoms with Crippen LogP contribution in [0.4, 0.5) is 17.1 Å². The molecule has 1 aliphatic rings. The maximum atomic E-state index is 12.9. The first-order valence-corrected chi connectivity index (χ1v) is 9.79. The molecule has 0 saturated carbocycles. The Kier molecular flexibility index (Phi) is 6.56. The van der Waals surface area contributed by atoms with E-state index in [0.717, 1.165) is 0 Å². The zero-order valence-electron chi connectivity index (χ0n) is 17.2. The van der Waals surface area contributed by atoms with E-state index in [-0.39, 0.29) is 24.8 Å². The van der Waals surface area contributed by atoms with Crippen LogP contribution in [0.5, 0.6) is 5.75 Å². The summed E-state index contributed by atoms with van der Waals surface area (Å²) in [5, 5.41) is 5.89. The molecule has 2 aromatic carbocycles. The Bertz CT molecular complexity index is 960. The molecular formula is C22H25N3O5. The van der Waals surface area contributed by atoms with Crippen molar-refractivity contribution < 1.29 is 23.9 Å². The Labute approximate surface area is 175 Å². The van der Waals surface area contributed by atoms with Crippen LogP contribution in [0.25, 0.3) is 0 Å². The van der Waals surface area contributed by atoms with E-state index < -0.39 is 12.0 Å². The second-order valence-electron chi connectivity index (χ2n) is 6.72. The second-order valence-corrected chi connectivity index (χ2v) is 6.72. The molecule has 1 atom stereocenters. The molecule has 0 saturated heterocycles. The second kappa shape index (κ2) is 9.30. The number of hydrogen-bond acceptors (Lipinski definition) is 6. The molecule has 30 heavy (non-hydrogen) atoms. The van der Waals surface area contributed by atoms with E-state index in [1.165, 1.54) is 0 Å². The molecule has 0 radical (unpaired) electrons. The molecule has 3 rings (SSSR count). The van der Waals surface area contributed by atoms with Gasteiger partial charge in [0.05, 0.1) is 37.1 Å². The summed E-state index contributed by atoms with van der Waals surface area (Å²) < 4.78 is 10.2. The van der Waals surface area contributed by atoms with Gasteiger partial charge in [0.1, 0.15) is 11.8 Å². The van der Waals surface area contributed by atoms with Crippen molar-refractivity contribution in [2.45, 2.75) is 26.3 Å². The fourth-order valence-electron chi connectivity index (χ4n) is 3.35. The summed E-state index contributed by atoms with van der Waals surface area (Å²) in [7, 11) is 1.55. The minimum absolute atomic E-state index is 0.0599. The van der Waals surface area contributed by atoms with Crippen molar-refractivity contribution in [3.63, 3.8) is 0 Å². The van der Waals surface area contributed by atoms with Gasteiger partial charge in [0.25, 0.3) is 0 Å². The Morgan fingerprint density at radius 3 is 2.67 bits per heavy atom. The Balaban J connectivity index is 1.78. The number of esters is 1. The number of likely N-dealkylation sites (N-methyl/N-ethyl adjacent to an activating group) is 1. The number of ether oxygens (including phenoxy) is 2. The molecule has 0 spiro atoms. The van der Waals surface area contributed by atoms with Gasteiger partial charge in [-0.2, -0.15) is 0 Å². The van der Waals surface area contributed by atoms with E-state index in [4.69, 9.17) is 9.47 Å². The molecular weight excluding hydrogens is 386 g/mol. The topological polar surface area (TPSA) is 97.0 Å². The summed E-state index contributed by atoms with van der Waals surface area (Å²) in [5.74, 6) is -0.323. The van der Waals surface area contributed by atoms with Gasteiger partial charge in [-0.3, -0.25) is 9.59 Å². The number of methoxy groups -OCH3 is 1. The van der Waals surface area contributed by atoms with Crippen molar-refractivity contribution >= 4 is 34.8 Å². The third-order valence-electron chi connectivity index (χ3n) is 4.75. The maximum Gasteiger partial charge on any atom is 0.338 e. The summed E-state index contributed by atoms with van der Waals surface area (Å²) in [5.41, 5.74) is 2.24. The molecule has 1 aliphatic heterocycles. The highest BCUT2D eigenvalue weighted by atomic mass is 16.5. The number of anilines is 3. The highest BCUT2D eigenvalue weighted by molar-refractivity contribution is 6.08. The van der Waals surface area contributed by atoms with Gasteiger partial charge in [-0.15, -0.1) is 0 Å². The first kappa shape index (κ1) is 21.2. The van der Waals surface area contributed by atoms with E-state index in [1.54, 1.807) is 61.4 Å². The molecule has 0 aromatic heterocycles. The molecule has 2 amide bonds. The van der Waals surface area contributed by atoms with Crippen LogP contribution < -0.4 is 20.3 Å². The minimum Gasteiger partial charge on any atom is -0.497 e. The van der Waals surface area contributed by atoms with Crippen LogP contribution in [0.1, 0.15) is 30.6 Å². The molecule has 158 valence electrons. The lowest BCUT2D eigenvalue weighted by Gasteiger charge is -2.34. The van der Waals surface area contributed by atoms with Gasteiger partial charge in [-0.05, 0) is 44.2 Å². The van der Waals surface area contributed by atoms with E-state index >= 15 is 0 Å². The maximum absolute atomic E-state index is 12.9. The Morgan fingerprint density at radius 2 is 1.97 bits per heavy atom. The summed E-state index contributed by atoms with van der Waals surface area (Å²) in [6.45, 7) is 4.32. The van der Waals surface area contributed by atoms with Crippen molar-refractivity contribution in [3.05, 3.63) is 48.0 Å². The van der Waals surface area contributed by atoms with E-state index in [9.17, 15) is 14.4 Å². The van der Waals surface area contributed by atoms with Crippen molar-refractivity contribution in [3.8, 4) is 5.75 Å². The molecule has 1 heterocycles. The van der Waals surface area contributed by atoms with Crippen molar-refractivity contribution in [2.75, 3.05) is 35.8 Å². The smallest absolute Gasteiger partial charge is 0.338 e. The van der Waals surface area contributed by atoms with E-state index in [0.29, 0.717) is 34.9 Å². The first-order chi connectivity index (χ1) is 14.5. The molecule has 2 N–H and O–H groups in total. The molecule has 8 nitrogen and oxygen atoms in total. The fourth-order valence-corrected chi connectivity index (χ4v) is 3.35. The highest BCUT2D eigenvalue weighted by Crippen LogP contribution is 2.33. The molecule has 2 aromatic rings. The SMILES string of the molecule is CCOC(=O)c1ccc2c(c1)N[C@@H](CC(=O)Nc1cccc(OC)c1)C(=O)N2CC. The average Bonchev–Trinajstić information content (AvgIpc) is 2.74. The van der Waals surface area contributed by atoms with Crippen LogP contribution >= 0.6 is 0 Å². The van der Waals surface area contributed by atoms with Gasteiger partial charge in [0.2, 0.25) is 11.8 Å². The number of benzene rings is 2. The molecule has 8 heteroatoms. The summed E-state index contributed by atoms with van der Waals surface area (Å²) in [6.07, 6.45) is -0.0599. The minimum atomic E-state index is -0.750. The van der Waals surface area contributed by atoms with Gasteiger partial charge in [-0.1, -0.05) is 6.07 Å². The summed E-state index contributed by atoms with van der Waals surface area (Å²) >= 11 is 0. The number of hydrogen-bond donors (Lipinski definition) is 2.